The van der Waals surface area contributed by atoms with E-state index < -0.39 is 0 Å². The minimum atomic E-state index is -0.244. The van der Waals surface area contributed by atoms with Crippen molar-refractivity contribution in [3.8, 4) is 0 Å². The lowest BCUT2D eigenvalue weighted by atomic mass is 10.1. The fourth-order valence-electron chi connectivity index (χ4n) is 1.64. The van der Waals surface area contributed by atoms with Gasteiger partial charge in [-0.25, -0.2) is 4.98 Å². The van der Waals surface area contributed by atoms with E-state index in [1.165, 1.54) is 0 Å². The number of fused-ring (bicyclic) bond motifs is 1. The third kappa shape index (κ3) is 2.30. The van der Waals surface area contributed by atoms with Crippen LogP contribution in [0.15, 0.2) is 23.3 Å². The SMILES string of the molecule is CC.CC(C)c1c/c(=C/O)c(=O)c2nccn12. The maximum atomic E-state index is 11.7. The summed E-state index contributed by atoms with van der Waals surface area (Å²) in [7, 11) is 0. The van der Waals surface area contributed by atoms with Gasteiger partial charge in [-0.3, -0.25) is 4.79 Å². The monoisotopic (exact) mass is 234 g/mol. The van der Waals surface area contributed by atoms with Gasteiger partial charge in [-0.2, -0.15) is 0 Å². The van der Waals surface area contributed by atoms with Crippen molar-refractivity contribution in [1.29, 1.82) is 0 Å². The molecule has 0 spiro atoms. The second kappa shape index (κ2) is 5.48. The zero-order chi connectivity index (χ0) is 13.0. The van der Waals surface area contributed by atoms with E-state index in [0.29, 0.717) is 5.65 Å². The third-order valence-electron chi connectivity index (χ3n) is 2.42. The smallest absolute Gasteiger partial charge is 0.231 e. The van der Waals surface area contributed by atoms with Gasteiger partial charge in [-0.1, -0.05) is 27.7 Å². The topological polar surface area (TPSA) is 54.6 Å². The number of aliphatic hydroxyl groups excluding tert-OH is 1. The Hall–Kier alpha value is -1.84. The highest BCUT2D eigenvalue weighted by Gasteiger charge is 2.09. The van der Waals surface area contributed by atoms with Gasteiger partial charge in [0.25, 0.3) is 0 Å². The minimum absolute atomic E-state index is 0.244. The maximum Gasteiger partial charge on any atom is 0.231 e. The van der Waals surface area contributed by atoms with E-state index in [2.05, 4.69) is 4.98 Å². The van der Waals surface area contributed by atoms with Crippen molar-refractivity contribution in [2.24, 2.45) is 0 Å². The van der Waals surface area contributed by atoms with Crippen molar-refractivity contribution in [3.05, 3.63) is 39.6 Å². The first-order valence-corrected chi connectivity index (χ1v) is 5.79. The Balaban J connectivity index is 0.000000686. The Labute approximate surface area is 100 Å². The number of rotatable bonds is 1. The van der Waals surface area contributed by atoms with E-state index in [-0.39, 0.29) is 16.6 Å². The first-order valence-electron chi connectivity index (χ1n) is 5.79. The Morgan fingerprint density at radius 3 is 2.59 bits per heavy atom. The minimum Gasteiger partial charge on any atom is -0.515 e. The molecule has 0 atom stereocenters. The van der Waals surface area contributed by atoms with E-state index in [0.717, 1.165) is 12.0 Å². The highest BCUT2D eigenvalue weighted by atomic mass is 16.2. The summed E-state index contributed by atoms with van der Waals surface area (Å²) in [5.74, 6) is 0.265. The van der Waals surface area contributed by atoms with Gasteiger partial charge in [0.15, 0.2) is 5.65 Å². The number of hydrogen-bond acceptors (Lipinski definition) is 3. The molecule has 0 fully saturated rings. The molecule has 4 heteroatoms. The van der Waals surface area contributed by atoms with Crippen molar-refractivity contribution in [2.75, 3.05) is 0 Å². The van der Waals surface area contributed by atoms with E-state index >= 15 is 0 Å². The first-order chi connectivity index (χ1) is 8.15. The molecule has 0 amide bonds. The number of pyridine rings is 1. The Morgan fingerprint density at radius 2 is 2.06 bits per heavy atom. The number of hydrogen-bond donors (Lipinski definition) is 1. The number of aliphatic hydroxyl groups is 1. The molecule has 1 N–H and O–H groups in total. The maximum absolute atomic E-state index is 11.7. The van der Waals surface area contributed by atoms with Crippen molar-refractivity contribution in [3.63, 3.8) is 0 Å². The van der Waals surface area contributed by atoms with Crippen LogP contribution in [0.3, 0.4) is 0 Å². The quantitative estimate of drug-likeness (QED) is 0.819. The van der Waals surface area contributed by atoms with Crippen molar-refractivity contribution < 1.29 is 5.11 Å². The van der Waals surface area contributed by atoms with Crippen LogP contribution in [-0.4, -0.2) is 14.5 Å². The predicted molar refractivity (Wildman–Crippen MR) is 69.2 cm³/mol. The van der Waals surface area contributed by atoms with Crippen LogP contribution in [0.25, 0.3) is 11.9 Å². The molecule has 0 unspecified atom stereocenters. The zero-order valence-corrected chi connectivity index (χ0v) is 10.6. The number of aromatic nitrogens is 2. The molecule has 0 aliphatic carbocycles. The molecule has 17 heavy (non-hydrogen) atoms. The molecule has 0 aromatic carbocycles. The van der Waals surface area contributed by atoms with Crippen LogP contribution >= 0.6 is 0 Å². The van der Waals surface area contributed by atoms with Gasteiger partial charge in [0.2, 0.25) is 5.43 Å². The fraction of sp³-hybridized carbons (Fsp3) is 0.385. The first kappa shape index (κ1) is 13.2. The third-order valence-corrected chi connectivity index (χ3v) is 2.42. The summed E-state index contributed by atoms with van der Waals surface area (Å²) < 4.78 is 1.76. The van der Waals surface area contributed by atoms with Crippen LogP contribution < -0.4 is 10.6 Å². The summed E-state index contributed by atoms with van der Waals surface area (Å²) in [6.45, 7) is 8.06. The van der Waals surface area contributed by atoms with Crippen LogP contribution in [0.1, 0.15) is 39.3 Å². The molecule has 2 heterocycles. The summed E-state index contributed by atoms with van der Waals surface area (Å²) >= 11 is 0. The van der Waals surface area contributed by atoms with Gasteiger partial charge < -0.3 is 9.51 Å². The van der Waals surface area contributed by atoms with Crippen LogP contribution in [0.2, 0.25) is 0 Å². The summed E-state index contributed by atoms with van der Waals surface area (Å²) in [6, 6.07) is 1.70. The molecule has 0 saturated heterocycles. The Morgan fingerprint density at radius 1 is 1.41 bits per heavy atom. The van der Waals surface area contributed by atoms with Crippen molar-refractivity contribution in [2.45, 2.75) is 33.6 Å². The standard InChI is InChI=1S/C11H12N2O2.C2H6/c1-7(2)9-5-8(6-14)10(15)11-12-3-4-13(9)11;1-2/h3-7,14H,1-2H3;1-2H3/b8-6-;. The molecule has 0 aliphatic heterocycles. The number of imidazole rings is 1. The molecule has 92 valence electrons. The summed E-state index contributed by atoms with van der Waals surface area (Å²) in [6.07, 6.45) is 4.18. The summed E-state index contributed by atoms with van der Waals surface area (Å²) in [4.78, 5) is 15.7. The molecule has 2 aromatic heterocycles. The van der Waals surface area contributed by atoms with E-state index in [9.17, 15) is 4.79 Å². The molecule has 0 radical (unpaired) electrons. The summed E-state index contributed by atoms with van der Waals surface area (Å²) in [5.41, 5.74) is 1.08. The van der Waals surface area contributed by atoms with Gasteiger partial charge in [-0.15, -0.1) is 0 Å². The summed E-state index contributed by atoms with van der Waals surface area (Å²) in [5, 5.41) is 9.25. The Bertz CT molecular complexity index is 600. The fourth-order valence-corrected chi connectivity index (χ4v) is 1.64. The normalized spacial score (nSPS) is 11.7. The lowest BCUT2D eigenvalue weighted by Gasteiger charge is -2.07. The molecule has 0 bridgehead atoms. The van der Waals surface area contributed by atoms with Gasteiger partial charge in [0.05, 0.1) is 11.5 Å². The average Bonchev–Trinajstić information content (AvgIpc) is 2.81. The molecule has 0 aliphatic rings. The van der Waals surface area contributed by atoms with Gasteiger partial charge in [0, 0.05) is 18.1 Å². The van der Waals surface area contributed by atoms with E-state index in [1.54, 1.807) is 22.9 Å². The molecule has 0 saturated carbocycles. The zero-order valence-electron chi connectivity index (χ0n) is 10.6. The van der Waals surface area contributed by atoms with Gasteiger partial charge in [-0.05, 0) is 12.0 Å². The van der Waals surface area contributed by atoms with Crippen LogP contribution in [-0.2, 0) is 0 Å². The molecule has 4 nitrogen and oxygen atoms in total. The van der Waals surface area contributed by atoms with Crippen LogP contribution in [0, 0.1) is 0 Å². The van der Waals surface area contributed by atoms with Crippen molar-refractivity contribution in [1.82, 2.24) is 9.38 Å². The molecule has 2 rings (SSSR count). The predicted octanol–water partition coefficient (Wildman–Crippen LogP) is 1.86. The van der Waals surface area contributed by atoms with Gasteiger partial charge >= 0.3 is 0 Å². The second-order valence-corrected chi connectivity index (χ2v) is 3.76. The van der Waals surface area contributed by atoms with Crippen molar-refractivity contribution >= 4 is 11.9 Å². The largest absolute Gasteiger partial charge is 0.515 e. The van der Waals surface area contributed by atoms with Gasteiger partial charge in [0.1, 0.15) is 0 Å². The lowest BCUT2D eigenvalue weighted by Crippen LogP contribution is -2.28. The van der Waals surface area contributed by atoms with Crippen LogP contribution in [0.4, 0.5) is 0 Å². The van der Waals surface area contributed by atoms with E-state index in [1.807, 2.05) is 27.7 Å². The number of nitrogens with zero attached hydrogens (tertiary/aromatic N) is 2. The lowest BCUT2D eigenvalue weighted by molar-refractivity contribution is 0.539. The average molecular weight is 234 g/mol. The highest BCUT2D eigenvalue weighted by molar-refractivity contribution is 5.42. The second-order valence-electron chi connectivity index (χ2n) is 3.76. The molecular weight excluding hydrogens is 216 g/mol. The highest BCUT2D eigenvalue weighted by Crippen LogP contribution is 2.11. The van der Waals surface area contributed by atoms with E-state index in [4.69, 9.17) is 5.11 Å². The Kier molecular flexibility index (Phi) is 4.26. The molecule has 2 aromatic rings. The van der Waals surface area contributed by atoms with Crippen LogP contribution in [0.5, 0.6) is 0 Å². The molecular formula is C13H18N2O2.